The zero-order valence-electron chi connectivity index (χ0n) is 19.8. The molecule has 0 aliphatic rings. The van der Waals surface area contributed by atoms with E-state index in [2.05, 4.69) is 21.1 Å². The predicted molar refractivity (Wildman–Crippen MR) is 125 cm³/mol. The lowest BCUT2D eigenvalue weighted by molar-refractivity contribution is 0.0524. The SMILES string of the molecule is CCOC(=O)c1c(C)nn(-c2cc(Cc3nn(C)c(-c4ccc(C#N)cc4)c3C)ncn2)c1C. The Hall–Kier alpha value is -4.32. The summed E-state index contributed by atoms with van der Waals surface area (Å²) in [7, 11) is 1.90. The Morgan fingerprint density at radius 2 is 1.85 bits per heavy atom. The van der Waals surface area contributed by atoms with Gasteiger partial charge >= 0.3 is 5.97 Å². The molecule has 0 atom stereocenters. The van der Waals surface area contributed by atoms with E-state index >= 15 is 0 Å². The molecule has 0 fully saturated rings. The standard InChI is InChI=1S/C25H25N7O2/c1-6-34-25(33)23-16(3)29-32(17(23)4)22-12-20(27-14-28-22)11-21-15(2)24(31(5)30-21)19-9-7-18(13-26)8-10-19/h7-10,12,14H,6,11H2,1-5H3. The second-order valence-corrected chi connectivity index (χ2v) is 7.96. The van der Waals surface area contributed by atoms with Crippen molar-refractivity contribution in [2.45, 2.75) is 34.1 Å². The van der Waals surface area contributed by atoms with Crippen molar-refractivity contribution in [3.63, 3.8) is 0 Å². The van der Waals surface area contributed by atoms with Gasteiger partial charge in [-0.2, -0.15) is 15.5 Å². The van der Waals surface area contributed by atoms with Crippen LogP contribution < -0.4 is 0 Å². The molecule has 9 heteroatoms. The molecule has 0 N–H and O–H groups in total. The van der Waals surface area contributed by atoms with Crippen LogP contribution in [0.4, 0.5) is 0 Å². The monoisotopic (exact) mass is 455 g/mol. The van der Waals surface area contributed by atoms with E-state index in [0.717, 1.165) is 28.2 Å². The normalized spacial score (nSPS) is 10.8. The third-order valence-corrected chi connectivity index (χ3v) is 5.72. The first-order valence-corrected chi connectivity index (χ1v) is 10.9. The molecule has 0 amide bonds. The first kappa shape index (κ1) is 22.9. The maximum atomic E-state index is 12.3. The summed E-state index contributed by atoms with van der Waals surface area (Å²) in [6.45, 7) is 7.70. The highest BCUT2D eigenvalue weighted by atomic mass is 16.5. The minimum atomic E-state index is -0.391. The van der Waals surface area contributed by atoms with Crippen LogP contribution in [0, 0.1) is 32.1 Å². The van der Waals surface area contributed by atoms with Gasteiger partial charge in [-0.25, -0.2) is 19.4 Å². The van der Waals surface area contributed by atoms with E-state index in [9.17, 15) is 4.79 Å². The van der Waals surface area contributed by atoms with Gasteiger partial charge in [-0.05, 0) is 45.4 Å². The van der Waals surface area contributed by atoms with Gasteiger partial charge in [-0.3, -0.25) is 4.68 Å². The van der Waals surface area contributed by atoms with Gasteiger partial charge in [0.2, 0.25) is 0 Å². The highest BCUT2D eigenvalue weighted by Crippen LogP contribution is 2.27. The number of aromatic nitrogens is 6. The molecule has 3 heterocycles. The Kier molecular flexibility index (Phi) is 6.23. The van der Waals surface area contributed by atoms with Crippen molar-refractivity contribution >= 4 is 5.97 Å². The van der Waals surface area contributed by atoms with Crippen LogP contribution >= 0.6 is 0 Å². The smallest absolute Gasteiger partial charge is 0.341 e. The van der Waals surface area contributed by atoms with Crippen LogP contribution in [-0.4, -0.2) is 42.1 Å². The Morgan fingerprint density at radius 1 is 1.12 bits per heavy atom. The van der Waals surface area contributed by atoms with Crippen molar-refractivity contribution in [2.75, 3.05) is 6.61 Å². The maximum absolute atomic E-state index is 12.3. The van der Waals surface area contributed by atoms with E-state index in [1.807, 2.05) is 43.8 Å². The first-order chi connectivity index (χ1) is 16.3. The largest absolute Gasteiger partial charge is 0.462 e. The molecule has 0 radical (unpaired) electrons. The van der Waals surface area contributed by atoms with Crippen LogP contribution in [0.15, 0.2) is 36.7 Å². The predicted octanol–water partition coefficient (Wildman–Crippen LogP) is 3.63. The Bertz CT molecular complexity index is 1410. The number of ether oxygens (including phenoxy) is 1. The molecule has 0 aliphatic heterocycles. The average Bonchev–Trinajstić information content (AvgIpc) is 3.28. The van der Waals surface area contributed by atoms with Gasteiger partial charge in [0.25, 0.3) is 0 Å². The molecule has 0 unspecified atom stereocenters. The summed E-state index contributed by atoms with van der Waals surface area (Å²) in [5.74, 6) is 0.180. The zero-order chi connectivity index (χ0) is 24.4. The molecular weight excluding hydrogens is 430 g/mol. The molecule has 4 rings (SSSR count). The molecule has 0 bridgehead atoms. The Morgan fingerprint density at radius 3 is 2.53 bits per heavy atom. The number of hydrogen-bond acceptors (Lipinski definition) is 7. The number of rotatable bonds is 6. The third-order valence-electron chi connectivity index (χ3n) is 5.72. The number of nitrogens with zero attached hydrogens (tertiary/aromatic N) is 7. The van der Waals surface area contributed by atoms with Gasteiger partial charge in [0.1, 0.15) is 11.9 Å². The highest BCUT2D eigenvalue weighted by molar-refractivity contribution is 5.92. The number of esters is 1. The summed E-state index contributed by atoms with van der Waals surface area (Å²) in [5, 5.41) is 18.3. The van der Waals surface area contributed by atoms with Crippen molar-refractivity contribution in [1.29, 1.82) is 5.26 Å². The van der Waals surface area contributed by atoms with Crippen molar-refractivity contribution in [3.05, 3.63) is 76.1 Å². The maximum Gasteiger partial charge on any atom is 0.341 e. The summed E-state index contributed by atoms with van der Waals surface area (Å²) >= 11 is 0. The van der Waals surface area contributed by atoms with E-state index in [4.69, 9.17) is 15.1 Å². The van der Waals surface area contributed by atoms with Crippen LogP contribution in [0.3, 0.4) is 0 Å². The number of benzene rings is 1. The second-order valence-electron chi connectivity index (χ2n) is 7.96. The van der Waals surface area contributed by atoms with Gasteiger partial charge < -0.3 is 4.74 Å². The minimum absolute atomic E-state index is 0.300. The van der Waals surface area contributed by atoms with E-state index in [-0.39, 0.29) is 0 Å². The molecule has 9 nitrogen and oxygen atoms in total. The molecule has 1 aromatic carbocycles. The molecule has 0 spiro atoms. The number of aryl methyl sites for hydroxylation is 2. The van der Waals surface area contributed by atoms with Crippen LogP contribution in [0.25, 0.3) is 17.1 Å². The number of carbonyl (C=O) groups excluding carboxylic acids is 1. The topological polar surface area (TPSA) is 112 Å². The lowest BCUT2D eigenvalue weighted by Gasteiger charge is -2.06. The van der Waals surface area contributed by atoms with Crippen molar-refractivity contribution in [2.24, 2.45) is 7.05 Å². The average molecular weight is 456 g/mol. The van der Waals surface area contributed by atoms with Crippen LogP contribution in [0.1, 0.15) is 51.2 Å². The van der Waals surface area contributed by atoms with Crippen molar-refractivity contribution < 1.29 is 9.53 Å². The fourth-order valence-corrected chi connectivity index (χ4v) is 4.09. The summed E-state index contributed by atoms with van der Waals surface area (Å²) < 4.78 is 8.65. The summed E-state index contributed by atoms with van der Waals surface area (Å²) in [6.07, 6.45) is 2.00. The summed E-state index contributed by atoms with van der Waals surface area (Å²) in [4.78, 5) is 21.1. The van der Waals surface area contributed by atoms with Crippen molar-refractivity contribution in [1.82, 2.24) is 29.5 Å². The van der Waals surface area contributed by atoms with Crippen molar-refractivity contribution in [3.8, 4) is 23.1 Å². The second kappa shape index (κ2) is 9.27. The molecule has 4 aromatic rings. The molecule has 172 valence electrons. The molecular formula is C25H25N7O2. The van der Waals surface area contributed by atoms with E-state index < -0.39 is 5.97 Å². The van der Waals surface area contributed by atoms with E-state index in [1.54, 1.807) is 30.7 Å². The van der Waals surface area contributed by atoms with Gasteiger partial charge in [0.05, 0.1) is 46.7 Å². The third kappa shape index (κ3) is 4.18. The van der Waals surface area contributed by atoms with E-state index in [0.29, 0.717) is 41.4 Å². The first-order valence-electron chi connectivity index (χ1n) is 10.9. The Labute approximate surface area is 197 Å². The lowest BCUT2D eigenvalue weighted by Crippen LogP contribution is -2.09. The quantitative estimate of drug-likeness (QED) is 0.408. The fraction of sp³-hybridized carbons (Fsp3) is 0.280. The molecule has 34 heavy (non-hydrogen) atoms. The zero-order valence-corrected chi connectivity index (χ0v) is 19.8. The van der Waals surface area contributed by atoms with Gasteiger partial charge in [-0.15, -0.1) is 0 Å². The van der Waals surface area contributed by atoms with Crippen LogP contribution in [0.2, 0.25) is 0 Å². The van der Waals surface area contributed by atoms with Gasteiger partial charge in [0.15, 0.2) is 5.82 Å². The van der Waals surface area contributed by atoms with Crippen LogP contribution in [0.5, 0.6) is 0 Å². The molecule has 3 aromatic heterocycles. The lowest BCUT2D eigenvalue weighted by atomic mass is 10.0. The highest BCUT2D eigenvalue weighted by Gasteiger charge is 2.21. The number of nitriles is 1. The molecule has 0 aliphatic carbocycles. The van der Waals surface area contributed by atoms with E-state index in [1.165, 1.54) is 6.33 Å². The number of hydrogen-bond donors (Lipinski definition) is 0. The Balaban J connectivity index is 1.65. The number of carbonyl (C=O) groups is 1. The molecule has 0 saturated heterocycles. The fourth-order valence-electron chi connectivity index (χ4n) is 4.09. The molecule has 0 saturated carbocycles. The summed E-state index contributed by atoms with van der Waals surface area (Å²) in [6, 6.07) is 11.5. The minimum Gasteiger partial charge on any atom is -0.462 e. The van der Waals surface area contributed by atoms with Gasteiger partial charge in [-0.1, -0.05) is 12.1 Å². The van der Waals surface area contributed by atoms with Gasteiger partial charge in [0, 0.05) is 25.1 Å². The van der Waals surface area contributed by atoms with Crippen LogP contribution in [-0.2, 0) is 18.2 Å². The summed E-state index contributed by atoms with van der Waals surface area (Å²) in [5.41, 5.74) is 7.03.